The predicted octanol–water partition coefficient (Wildman–Crippen LogP) is 6.80. The molecule has 0 spiro atoms. The van der Waals surface area contributed by atoms with E-state index in [0.717, 1.165) is 71.3 Å². The quantitative estimate of drug-likeness (QED) is 0.235. The molecule has 41 heavy (non-hydrogen) atoms. The monoisotopic (exact) mass is 615 g/mol. The topological polar surface area (TPSA) is 93.2 Å². The zero-order valence-corrected chi connectivity index (χ0v) is 24.9. The number of likely N-dealkylation sites (tertiary alicyclic amines) is 1. The zero-order valence-electron chi connectivity index (χ0n) is 23.3. The molecule has 3 atom stereocenters. The average Bonchev–Trinajstić information content (AvgIpc) is 3.42. The standard InChI is InChI=1S/C32H34BrN5O3/c1-3-8-21-10-4-5-15-38(21)31(39)24-13-7-12-23(29(24)33)20-9-6-11-22(17-20)37-16-14-25(32(40)41)30(37)27-18-26(27)28-19-36(2)35-34-28/h6-7,9,11-14,16-17,19,21,26-27H,3-5,8,10,15,18H2,1-2H3,(H,40,41)/t21-,26-,27-/m1/s1. The number of nitrogens with zero attached hydrogens (tertiary/aromatic N) is 5. The zero-order chi connectivity index (χ0) is 28.7. The van der Waals surface area contributed by atoms with Gasteiger partial charge in [0.2, 0.25) is 0 Å². The van der Waals surface area contributed by atoms with Crippen LogP contribution in [0.4, 0.5) is 0 Å². The van der Waals surface area contributed by atoms with Crippen LogP contribution in [0.1, 0.15) is 89.4 Å². The Morgan fingerprint density at radius 1 is 1.07 bits per heavy atom. The van der Waals surface area contributed by atoms with E-state index in [2.05, 4.69) is 44.1 Å². The van der Waals surface area contributed by atoms with Crippen molar-refractivity contribution in [3.8, 4) is 16.8 Å². The molecule has 2 aliphatic rings. The van der Waals surface area contributed by atoms with Gasteiger partial charge in [0.25, 0.3) is 5.91 Å². The van der Waals surface area contributed by atoms with Gasteiger partial charge >= 0.3 is 5.97 Å². The van der Waals surface area contributed by atoms with Gasteiger partial charge in [-0.1, -0.05) is 42.8 Å². The second-order valence-electron chi connectivity index (χ2n) is 11.2. The first kappa shape index (κ1) is 27.4. The number of carboxylic acid groups (broad SMARTS) is 1. The van der Waals surface area contributed by atoms with Gasteiger partial charge < -0.3 is 14.6 Å². The molecule has 1 N–H and O–H groups in total. The Morgan fingerprint density at radius 3 is 2.66 bits per heavy atom. The second kappa shape index (κ2) is 11.3. The number of aromatic nitrogens is 4. The van der Waals surface area contributed by atoms with E-state index in [0.29, 0.717) is 17.2 Å². The molecule has 8 nitrogen and oxygen atoms in total. The number of carbonyl (C=O) groups excluding carboxylic acids is 1. The van der Waals surface area contributed by atoms with Gasteiger partial charge in [0.15, 0.2) is 0 Å². The van der Waals surface area contributed by atoms with Crippen molar-refractivity contribution < 1.29 is 14.7 Å². The number of carbonyl (C=O) groups is 2. The largest absolute Gasteiger partial charge is 0.478 e. The smallest absolute Gasteiger partial charge is 0.337 e. The van der Waals surface area contributed by atoms with Crippen LogP contribution in [0, 0.1) is 0 Å². The highest BCUT2D eigenvalue weighted by Crippen LogP contribution is 2.55. The maximum absolute atomic E-state index is 13.7. The molecule has 0 unspecified atom stereocenters. The summed E-state index contributed by atoms with van der Waals surface area (Å²) in [6.07, 6.45) is 9.94. The highest BCUT2D eigenvalue weighted by atomic mass is 79.9. The fourth-order valence-corrected chi connectivity index (χ4v) is 7.05. The number of aryl methyl sites for hydroxylation is 1. The number of carboxylic acids is 1. The van der Waals surface area contributed by atoms with E-state index in [4.69, 9.17) is 0 Å². The summed E-state index contributed by atoms with van der Waals surface area (Å²) in [5.74, 6) is -0.671. The van der Waals surface area contributed by atoms with Crippen molar-refractivity contribution in [1.82, 2.24) is 24.5 Å². The SMILES string of the molecule is CCC[C@@H]1CCCCN1C(=O)c1cccc(-c2cccc(-n3ccc(C(=O)O)c3[C@@H]3C[C@H]3c3cn(C)nn3)c2)c1Br. The Balaban J connectivity index is 1.34. The first-order valence-corrected chi connectivity index (χ1v) is 15.2. The average molecular weight is 617 g/mol. The molecule has 1 saturated heterocycles. The van der Waals surface area contributed by atoms with Crippen molar-refractivity contribution in [3.05, 3.63) is 87.9 Å². The molecule has 2 aromatic carbocycles. The van der Waals surface area contributed by atoms with Crippen LogP contribution in [0.25, 0.3) is 16.8 Å². The molecule has 1 amide bonds. The van der Waals surface area contributed by atoms with Crippen molar-refractivity contribution in [2.45, 2.75) is 63.3 Å². The summed E-state index contributed by atoms with van der Waals surface area (Å²) in [5.41, 5.74) is 5.40. The molecular weight excluding hydrogens is 582 g/mol. The molecule has 2 fully saturated rings. The summed E-state index contributed by atoms with van der Waals surface area (Å²) in [6, 6.07) is 15.9. The number of amides is 1. The van der Waals surface area contributed by atoms with Crippen LogP contribution in [0.2, 0.25) is 0 Å². The molecule has 3 heterocycles. The lowest BCUT2D eigenvalue weighted by atomic mass is 9.96. The third-order valence-electron chi connectivity index (χ3n) is 8.47. The third kappa shape index (κ3) is 5.23. The van der Waals surface area contributed by atoms with Crippen LogP contribution in [0.5, 0.6) is 0 Å². The van der Waals surface area contributed by atoms with Crippen molar-refractivity contribution in [3.63, 3.8) is 0 Å². The summed E-state index contributed by atoms with van der Waals surface area (Å²) in [7, 11) is 1.83. The molecule has 2 aromatic heterocycles. The van der Waals surface area contributed by atoms with Crippen molar-refractivity contribution >= 4 is 27.8 Å². The minimum Gasteiger partial charge on any atom is -0.478 e. The summed E-state index contributed by atoms with van der Waals surface area (Å²) < 4.78 is 4.45. The Hall–Kier alpha value is -3.72. The Labute approximate surface area is 248 Å². The Kier molecular flexibility index (Phi) is 7.55. The van der Waals surface area contributed by atoms with Crippen molar-refractivity contribution in [2.75, 3.05) is 6.54 Å². The Morgan fingerprint density at radius 2 is 1.90 bits per heavy atom. The minimum absolute atomic E-state index is 0.0461. The van der Waals surface area contributed by atoms with Gasteiger partial charge in [-0.2, -0.15) is 0 Å². The van der Waals surface area contributed by atoms with Crippen LogP contribution in [-0.2, 0) is 7.05 Å². The molecule has 4 aromatic rings. The summed E-state index contributed by atoms with van der Waals surface area (Å²) in [5, 5.41) is 18.3. The van der Waals surface area contributed by atoms with Gasteiger partial charge in [-0.3, -0.25) is 9.48 Å². The molecular formula is C32H34BrN5O3. The fraction of sp³-hybridized carbons (Fsp3) is 0.375. The molecule has 9 heteroatoms. The van der Waals surface area contributed by atoms with Gasteiger partial charge in [0, 0.05) is 59.7 Å². The molecule has 6 rings (SSSR count). The van der Waals surface area contributed by atoms with Crippen LogP contribution in [0.3, 0.4) is 0 Å². The molecule has 0 bridgehead atoms. The number of benzene rings is 2. The fourth-order valence-electron chi connectivity index (χ4n) is 6.39. The lowest BCUT2D eigenvalue weighted by molar-refractivity contribution is 0.0599. The number of hydrogen-bond acceptors (Lipinski definition) is 4. The van der Waals surface area contributed by atoms with E-state index < -0.39 is 5.97 Å². The highest BCUT2D eigenvalue weighted by molar-refractivity contribution is 9.10. The van der Waals surface area contributed by atoms with Gasteiger partial charge in [-0.15, -0.1) is 5.10 Å². The van der Waals surface area contributed by atoms with Crippen LogP contribution >= 0.6 is 15.9 Å². The van der Waals surface area contributed by atoms with E-state index in [1.54, 1.807) is 10.7 Å². The molecule has 1 aliphatic heterocycles. The molecule has 1 aliphatic carbocycles. The van der Waals surface area contributed by atoms with Crippen molar-refractivity contribution in [1.29, 1.82) is 0 Å². The number of aromatic carboxylic acids is 1. The van der Waals surface area contributed by atoms with Gasteiger partial charge in [-0.05, 0) is 83.4 Å². The Bertz CT molecular complexity index is 1610. The van der Waals surface area contributed by atoms with E-state index in [-0.39, 0.29) is 17.7 Å². The summed E-state index contributed by atoms with van der Waals surface area (Å²) in [6.45, 7) is 2.98. The number of hydrogen-bond donors (Lipinski definition) is 1. The number of halogens is 1. The van der Waals surface area contributed by atoms with E-state index in [1.165, 1.54) is 6.42 Å². The summed E-state index contributed by atoms with van der Waals surface area (Å²) in [4.78, 5) is 28.0. The van der Waals surface area contributed by atoms with Crippen molar-refractivity contribution in [2.24, 2.45) is 7.05 Å². The molecule has 1 saturated carbocycles. The lowest BCUT2D eigenvalue weighted by Gasteiger charge is -2.36. The van der Waals surface area contributed by atoms with Gasteiger partial charge in [-0.25, -0.2) is 4.79 Å². The third-order valence-corrected chi connectivity index (χ3v) is 9.33. The highest BCUT2D eigenvalue weighted by Gasteiger charge is 2.45. The molecule has 212 valence electrons. The second-order valence-corrected chi connectivity index (χ2v) is 12.0. The van der Waals surface area contributed by atoms with E-state index in [9.17, 15) is 14.7 Å². The van der Waals surface area contributed by atoms with E-state index in [1.807, 2.05) is 60.4 Å². The predicted molar refractivity (Wildman–Crippen MR) is 161 cm³/mol. The lowest BCUT2D eigenvalue weighted by Crippen LogP contribution is -2.43. The van der Waals surface area contributed by atoms with Crippen LogP contribution in [0.15, 0.2) is 65.4 Å². The minimum atomic E-state index is -0.937. The van der Waals surface area contributed by atoms with Gasteiger partial charge in [0.1, 0.15) is 0 Å². The molecule has 0 radical (unpaired) electrons. The maximum atomic E-state index is 13.7. The summed E-state index contributed by atoms with van der Waals surface area (Å²) >= 11 is 3.78. The maximum Gasteiger partial charge on any atom is 0.337 e. The van der Waals surface area contributed by atoms with Crippen LogP contribution in [-0.4, -0.2) is 54.0 Å². The van der Waals surface area contributed by atoms with Crippen LogP contribution < -0.4 is 0 Å². The van der Waals surface area contributed by atoms with Gasteiger partial charge in [0.05, 0.1) is 16.8 Å². The first-order chi connectivity index (χ1) is 19.9. The van der Waals surface area contributed by atoms with E-state index >= 15 is 0 Å². The normalized spacial score (nSPS) is 20.3. The number of rotatable bonds is 8. The first-order valence-electron chi connectivity index (χ1n) is 14.4. The number of piperidine rings is 1.